The number of terminal acetylenes is 1. The highest BCUT2D eigenvalue weighted by atomic mass is 16.6. The van der Waals surface area contributed by atoms with Crippen LogP contribution in [0.1, 0.15) is 19.8 Å². The number of hydrogen-bond donors (Lipinski definition) is 3. The quantitative estimate of drug-likeness (QED) is 0.614. The fraction of sp³-hybridized carbons (Fsp3) is 0.583. The average molecular weight is 239 g/mol. The molecular formula is C12H17NO4. The summed E-state index contributed by atoms with van der Waals surface area (Å²) in [6.45, 7) is 1.78. The standard InChI is InChI=1S/C12H17NO4/c1-3-9-6-10(7-11(15)8(9)2)17-12(16)13-4-5-14/h1,10-11,14-15H,4-7H2,2H3,(H,13,16)/t10-,11+/m1/s1. The molecule has 3 N–H and O–H groups in total. The Kier molecular flexibility index (Phi) is 5.01. The monoisotopic (exact) mass is 239 g/mol. The topological polar surface area (TPSA) is 78.8 Å². The van der Waals surface area contributed by atoms with Crippen molar-refractivity contribution in [2.75, 3.05) is 13.2 Å². The third-order valence-corrected chi connectivity index (χ3v) is 2.72. The van der Waals surface area contributed by atoms with Gasteiger partial charge in [0.1, 0.15) is 6.10 Å². The molecule has 0 bridgehead atoms. The van der Waals surface area contributed by atoms with E-state index in [0.29, 0.717) is 18.4 Å². The maximum absolute atomic E-state index is 11.3. The fourth-order valence-corrected chi connectivity index (χ4v) is 1.71. The molecule has 5 nitrogen and oxygen atoms in total. The number of alkyl carbamates (subject to hydrolysis) is 1. The molecule has 0 aromatic heterocycles. The lowest BCUT2D eigenvalue weighted by atomic mass is 9.89. The molecule has 1 aliphatic carbocycles. The summed E-state index contributed by atoms with van der Waals surface area (Å²) in [6.07, 6.45) is 4.44. The number of ether oxygens (including phenoxy) is 1. The molecule has 0 spiro atoms. The summed E-state index contributed by atoms with van der Waals surface area (Å²) in [4.78, 5) is 11.3. The zero-order valence-corrected chi connectivity index (χ0v) is 9.77. The van der Waals surface area contributed by atoms with Gasteiger partial charge < -0.3 is 20.3 Å². The Morgan fingerprint density at radius 1 is 1.71 bits per heavy atom. The Hall–Kier alpha value is -1.51. The SMILES string of the molecule is C#CC1=C(C)[C@@H](O)C[C@H](OC(=O)NCCO)C1. The van der Waals surface area contributed by atoms with E-state index in [4.69, 9.17) is 16.3 Å². The van der Waals surface area contributed by atoms with E-state index in [-0.39, 0.29) is 13.2 Å². The molecule has 5 heteroatoms. The molecule has 0 aliphatic heterocycles. The average Bonchev–Trinajstić information content (AvgIpc) is 2.31. The van der Waals surface area contributed by atoms with Crippen LogP contribution in [0.15, 0.2) is 11.1 Å². The van der Waals surface area contributed by atoms with Gasteiger partial charge in [-0.1, -0.05) is 5.92 Å². The normalized spacial score (nSPS) is 24.1. The van der Waals surface area contributed by atoms with Crippen LogP contribution in [0.5, 0.6) is 0 Å². The molecule has 0 unspecified atom stereocenters. The van der Waals surface area contributed by atoms with Crippen LogP contribution in [0.25, 0.3) is 0 Å². The first-order valence-electron chi connectivity index (χ1n) is 5.48. The minimum atomic E-state index is -0.662. The van der Waals surface area contributed by atoms with Gasteiger partial charge in [-0.25, -0.2) is 4.79 Å². The number of rotatable bonds is 3. The van der Waals surface area contributed by atoms with Crippen LogP contribution in [0.4, 0.5) is 4.79 Å². The van der Waals surface area contributed by atoms with E-state index in [1.165, 1.54) is 0 Å². The van der Waals surface area contributed by atoms with Crippen molar-refractivity contribution < 1.29 is 19.7 Å². The minimum absolute atomic E-state index is 0.142. The van der Waals surface area contributed by atoms with Gasteiger partial charge in [-0.3, -0.25) is 0 Å². The largest absolute Gasteiger partial charge is 0.446 e. The van der Waals surface area contributed by atoms with Crippen molar-refractivity contribution >= 4 is 6.09 Å². The Labute approximate surface area is 100 Å². The van der Waals surface area contributed by atoms with Gasteiger partial charge in [-0.2, -0.15) is 0 Å². The summed E-state index contributed by atoms with van der Waals surface area (Å²) < 4.78 is 5.09. The minimum Gasteiger partial charge on any atom is -0.446 e. The number of aliphatic hydroxyl groups is 2. The molecule has 0 aromatic carbocycles. The third-order valence-electron chi connectivity index (χ3n) is 2.72. The van der Waals surface area contributed by atoms with Crippen LogP contribution in [0.3, 0.4) is 0 Å². The van der Waals surface area contributed by atoms with Crippen LogP contribution in [-0.4, -0.2) is 41.7 Å². The van der Waals surface area contributed by atoms with Crippen LogP contribution in [0, 0.1) is 12.3 Å². The maximum atomic E-state index is 11.3. The van der Waals surface area contributed by atoms with Crippen LogP contribution in [-0.2, 0) is 4.74 Å². The first-order valence-corrected chi connectivity index (χ1v) is 5.48. The van der Waals surface area contributed by atoms with Crippen LogP contribution < -0.4 is 5.32 Å². The summed E-state index contributed by atoms with van der Waals surface area (Å²) in [5, 5.41) is 20.6. The fourth-order valence-electron chi connectivity index (χ4n) is 1.71. The van der Waals surface area contributed by atoms with E-state index in [1.807, 2.05) is 0 Å². The molecule has 94 valence electrons. The molecule has 0 heterocycles. The molecule has 17 heavy (non-hydrogen) atoms. The van der Waals surface area contributed by atoms with Gasteiger partial charge in [0.25, 0.3) is 0 Å². The second kappa shape index (κ2) is 6.28. The number of carbonyl (C=O) groups is 1. The Bertz CT molecular complexity index is 356. The second-order valence-electron chi connectivity index (χ2n) is 3.94. The maximum Gasteiger partial charge on any atom is 0.407 e. The zero-order chi connectivity index (χ0) is 12.8. The Balaban J connectivity index is 2.54. The predicted octanol–water partition coefficient (Wildman–Crippen LogP) is 0.178. The third kappa shape index (κ3) is 3.77. The van der Waals surface area contributed by atoms with Crippen molar-refractivity contribution in [2.24, 2.45) is 0 Å². The lowest BCUT2D eigenvalue weighted by Gasteiger charge is -2.27. The van der Waals surface area contributed by atoms with E-state index in [2.05, 4.69) is 11.2 Å². The van der Waals surface area contributed by atoms with E-state index in [1.54, 1.807) is 6.92 Å². The lowest BCUT2D eigenvalue weighted by Crippen LogP contribution is -2.35. The summed E-state index contributed by atoms with van der Waals surface area (Å²) in [7, 11) is 0. The van der Waals surface area contributed by atoms with Crippen molar-refractivity contribution in [2.45, 2.75) is 32.0 Å². The van der Waals surface area contributed by atoms with Crippen molar-refractivity contribution in [3.05, 3.63) is 11.1 Å². The second-order valence-corrected chi connectivity index (χ2v) is 3.94. The highest BCUT2D eigenvalue weighted by molar-refractivity contribution is 5.67. The molecule has 0 aromatic rings. The molecule has 0 fully saturated rings. The van der Waals surface area contributed by atoms with Gasteiger partial charge in [-0.15, -0.1) is 6.42 Å². The van der Waals surface area contributed by atoms with Gasteiger partial charge in [0.15, 0.2) is 0 Å². The molecule has 1 rings (SSSR count). The van der Waals surface area contributed by atoms with Gasteiger partial charge in [-0.05, 0) is 12.5 Å². The van der Waals surface area contributed by atoms with Crippen molar-refractivity contribution in [1.29, 1.82) is 0 Å². The Morgan fingerprint density at radius 3 is 3.00 bits per heavy atom. The number of nitrogens with one attached hydrogen (secondary N) is 1. The summed E-state index contributed by atoms with van der Waals surface area (Å²) in [6, 6.07) is 0. The van der Waals surface area contributed by atoms with Crippen molar-refractivity contribution in [3.8, 4) is 12.3 Å². The molecule has 1 amide bonds. The molecule has 0 radical (unpaired) electrons. The van der Waals surface area contributed by atoms with Crippen LogP contribution in [0.2, 0.25) is 0 Å². The lowest BCUT2D eigenvalue weighted by molar-refractivity contribution is 0.0565. The van der Waals surface area contributed by atoms with E-state index >= 15 is 0 Å². The summed E-state index contributed by atoms with van der Waals surface area (Å²) >= 11 is 0. The molecule has 1 aliphatic rings. The van der Waals surface area contributed by atoms with Gasteiger partial charge >= 0.3 is 6.09 Å². The molecule has 0 saturated heterocycles. The van der Waals surface area contributed by atoms with E-state index in [0.717, 1.165) is 5.57 Å². The highest BCUT2D eigenvalue weighted by Gasteiger charge is 2.27. The molecular weight excluding hydrogens is 222 g/mol. The summed E-state index contributed by atoms with van der Waals surface area (Å²) in [5.41, 5.74) is 1.45. The van der Waals surface area contributed by atoms with Crippen LogP contribution >= 0.6 is 0 Å². The van der Waals surface area contributed by atoms with Crippen molar-refractivity contribution in [3.63, 3.8) is 0 Å². The van der Waals surface area contributed by atoms with Gasteiger partial charge in [0, 0.05) is 25.0 Å². The summed E-state index contributed by atoms with van der Waals surface area (Å²) in [5.74, 6) is 2.50. The highest BCUT2D eigenvalue weighted by Crippen LogP contribution is 2.26. The van der Waals surface area contributed by atoms with E-state index < -0.39 is 18.3 Å². The number of carbonyl (C=O) groups excluding carboxylic acids is 1. The van der Waals surface area contributed by atoms with Gasteiger partial charge in [0.2, 0.25) is 0 Å². The first-order chi connectivity index (χ1) is 8.08. The first kappa shape index (κ1) is 13.6. The number of amides is 1. The molecule has 2 atom stereocenters. The number of aliphatic hydroxyl groups excluding tert-OH is 2. The van der Waals surface area contributed by atoms with E-state index in [9.17, 15) is 9.90 Å². The number of hydrogen-bond acceptors (Lipinski definition) is 4. The smallest absolute Gasteiger partial charge is 0.407 e. The predicted molar refractivity (Wildman–Crippen MR) is 62.1 cm³/mol. The van der Waals surface area contributed by atoms with Crippen molar-refractivity contribution in [1.82, 2.24) is 5.32 Å². The molecule has 0 saturated carbocycles. The Morgan fingerprint density at radius 2 is 2.41 bits per heavy atom. The zero-order valence-electron chi connectivity index (χ0n) is 9.77. The van der Waals surface area contributed by atoms with Gasteiger partial charge in [0.05, 0.1) is 12.7 Å².